The zero-order chi connectivity index (χ0) is 11.7. The molecule has 2 aromatic rings. The van der Waals surface area contributed by atoms with Gasteiger partial charge in [0, 0.05) is 18.6 Å². The van der Waals surface area contributed by atoms with Crippen LogP contribution >= 0.6 is 0 Å². The Kier molecular flexibility index (Phi) is 2.66. The smallest absolute Gasteiger partial charge is 0.336 e. The van der Waals surface area contributed by atoms with Crippen molar-refractivity contribution in [2.45, 2.75) is 13.5 Å². The zero-order valence-electron chi connectivity index (χ0n) is 9.11. The molecule has 0 bridgehead atoms. The van der Waals surface area contributed by atoms with Gasteiger partial charge in [0.25, 0.3) is 0 Å². The molecule has 1 aromatic heterocycles. The standard InChI is InChI=1S/C12H12O4/c1-7-5-11(14)16-12-8(7)3-4-10(13)9(12)6-15-2/h3-5,13H,6H2,1-2H3. The van der Waals surface area contributed by atoms with Gasteiger partial charge in [-0.2, -0.15) is 0 Å². The summed E-state index contributed by atoms with van der Waals surface area (Å²) in [7, 11) is 1.52. The van der Waals surface area contributed by atoms with Crippen LogP contribution < -0.4 is 5.63 Å². The molecule has 0 aliphatic carbocycles. The van der Waals surface area contributed by atoms with E-state index >= 15 is 0 Å². The van der Waals surface area contributed by atoms with Crippen LogP contribution in [0, 0.1) is 6.92 Å². The Bertz CT molecular complexity index is 583. The molecule has 1 aromatic carbocycles. The average molecular weight is 220 g/mol. The first-order valence-corrected chi connectivity index (χ1v) is 4.87. The average Bonchev–Trinajstić information content (AvgIpc) is 2.22. The number of aryl methyl sites for hydroxylation is 1. The van der Waals surface area contributed by atoms with Gasteiger partial charge >= 0.3 is 5.63 Å². The number of methoxy groups -OCH3 is 1. The Balaban J connectivity index is 2.85. The van der Waals surface area contributed by atoms with Gasteiger partial charge < -0.3 is 14.3 Å². The number of phenolic OH excluding ortho intramolecular Hbond substituents is 1. The fourth-order valence-corrected chi connectivity index (χ4v) is 1.71. The van der Waals surface area contributed by atoms with E-state index in [1.54, 1.807) is 12.1 Å². The summed E-state index contributed by atoms with van der Waals surface area (Å²) in [5.41, 5.74) is 1.30. The first-order chi connectivity index (χ1) is 7.63. The summed E-state index contributed by atoms with van der Waals surface area (Å²) in [6.07, 6.45) is 0. The molecule has 0 amide bonds. The molecule has 0 unspecified atom stereocenters. The number of hydrogen-bond acceptors (Lipinski definition) is 4. The third-order valence-electron chi connectivity index (χ3n) is 2.49. The first kappa shape index (κ1) is 10.7. The number of phenols is 1. The minimum absolute atomic E-state index is 0.0723. The highest BCUT2D eigenvalue weighted by Gasteiger charge is 2.11. The van der Waals surface area contributed by atoms with Crippen LogP contribution in [0.25, 0.3) is 11.0 Å². The lowest BCUT2D eigenvalue weighted by atomic mass is 10.1. The molecule has 1 N–H and O–H groups in total. The molecule has 0 radical (unpaired) electrons. The summed E-state index contributed by atoms with van der Waals surface area (Å²) >= 11 is 0. The maximum Gasteiger partial charge on any atom is 0.336 e. The van der Waals surface area contributed by atoms with Crippen molar-refractivity contribution < 1.29 is 14.3 Å². The van der Waals surface area contributed by atoms with Crippen molar-refractivity contribution in [3.8, 4) is 5.75 Å². The largest absolute Gasteiger partial charge is 0.507 e. The van der Waals surface area contributed by atoms with Crippen molar-refractivity contribution in [3.05, 3.63) is 39.7 Å². The van der Waals surface area contributed by atoms with Crippen molar-refractivity contribution in [2.75, 3.05) is 7.11 Å². The third-order valence-corrected chi connectivity index (χ3v) is 2.49. The predicted molar refractivity (Wildman–Crippen MR) is 59.6 cm³/mol. The summed E-state index contributed by atoms with van der Waals surface area (Å²) in [6.45, 7) is 2.03. The summed E-state index contributed by atoms with van der Waals surface area (Å²) < 4.78 is 10.1. The van der Waals surface area contributed by atoms with E-state index < -0.39 is 5.63 Å². The van der Waals surface area contributed by atoms with Gasteiger partial charge in [-0.05, 0) is 24.6 Å². The fraction of sp³-hybridized carbons (Fsp3) is 0.250. The van der Waals surface area contributed by atoms with E-state index in [-0.39, 0.29) is 12.4 Å². The Hall–Kier alpha value is -1.81. The predicted octanol–water partition coefficient (Wildman–Crippen LogP) is 1.95. The van der Waals surface area contributed by atoms with Crippen LogP contribution in [0.1, 0.15) is 11.1 Å². The summed E-state index contributed by atoms with van der Waals surface area (Å²) in [5.74, 6) is 0.0723. The van der Waals surface area contributed by atoms with E-state index in [1.807, 2.05) is 6.92 Å². The van der Waals surface area contributed by atoms with Crippen LogP contribution in [0.15, 0.2) is 27.4 Å². The Labute approximate surface area is 92.1 Å². The van der Waals surface area contributed by atoms with Gasteiger partial charge in [-0.3, -0.25) is 0 Å². The van der Waals surface area contributed by atoms with Crippen LogP contribution in [-0.2, 0) is 11.3 Å². The SMILES string of the molecule is COCc1c(O)ccc2c(C)cc(=O)oc12. The van der Waals surface area contributed by atoms with E-state index in [9.17, 15) is 9.90 Å². The zero-order valence-corrected chi connectivity index (χ0v) is 9.11. The minimum Gasteiger partial charge on any atom is -0.507 e. The maximum atomic E-state index is 11.3. The van der Waals surface area contributed by atoms with Crippen LogP contribution in [0.3, 0.4) is 0 Å². The lowest BCUT2D eigenvalue weighted by Gasteiger charge is -2.07. The number of fused-ring (bicyclic) bond motifs is 1. The second kappa shape index (κ2) is 3.98. The van der Waals surface area contributed by atoms with Crippen LogP contribution in [0.5, 0.6) is 5.75 Å². The van der Waals surface area contributed by atoms with Crippen molar-refractivity contribution in [1.82, 2.24) is 0 Å². The van der Waals surface area contributed by atoms with Crippen molar-refractivity contribution in [3.63, 3.8) is 0 Å². The van der Waals surface area contributed by atoms with Crippen LogP contribution in [-0.4, -0.2) is 12.2 Å². The fourth-order valence-electron chi connectivity index (χ4n) is 1.71. The van der Waals surface area contributed by atoms with Gasteiger partial charge in [-0.1, -0.05) is 0 Å². The third kappa shape index (κ3) is 1.67. The van der Waals surface area contributed by atoms with Crippen molar-refractivity contribution in [1.29, 1.82) is 0 Å². The molecule has 0 fully saturated rings. The maximum absolute atomic E-state index is 11.3. The van der Waals surface area contributed by atoms with Gasteiger partial charge in [0.2, 0.25) is 0 Å². The first-order valence-electron chi connectivity index (χ1n) is 4.87. The van der Waals surface area contributed by atoms with E-state index in [1.165, 1.54) is 13.2 Å². The number of benzene rings is 1. The molecule has 0 aliphatic heterocycles. The molecule has 2 rings (SSSR count). The number of aromatic hydroxyl groups is 1. The van der Waals surface area contributed by atoms with Gasteiger partial charge in [-0.15, -0.1) is 0 Å². The summed E-state index contributed by atoms with van der Waals surface area (Å²) in [6, 6.07) is 4.72. The van der Waals surface area contributed by atoms with Gasteiger partial charge in [0.05, 0.1) is 12.2 Å². The molecule has 0 saturated heterocycles. The molecular weight excluding hydrogens is 208 g/mol. The summed E-state index contributed by atoms with van der Waals surface area (Å²) in [4.78, 5) is 11.3. The molecule has 16 heavy (non-hydrogen) atoms. The second-order valence-electron chi connectivity index (χ2n) is 3.62. The molecule has 0 spiro atoms. The normalized spacial score (nSPS) is 10.9. The van der Waals surface area contributed by atoms with E-state index in [0.29, 0.717) is 11.1 Å². The lowest BCUT2D eigenvalue weighted by molar-refractivity contribution is 0.182. The molecule has 0 saturated carbocycles. The monoisotopic (exact) mass is 220 g/mol. The lowest BCUT2D eigenvalue weighted by Crippen LogP contribution is -2.00. The molecule has 4 nitrogen and oxygen atoms in total. The molecule has 1 heterocycles. The molecule has 84 valence electrons. The second-order valence-corrected chi connectivity index (χ2v) is 3.62. The molecule has 0 atom stereocenters. The summed E-state index contributed by atoms with van der Waals surface area (Å²) in [5, 5.41) is 10.5. The molecule has 0 aliphatic rings. The Morgan fingerprint density at radius 2 is 2.19 bits per heavy atom. The highest BCUT2D eigenvalue weighted by atomic mass is 16.5. The van der Waals surface area contributed by atoms with Crippen LogP contribution in [0.4, 0.5) is 0 Å². The highest BCUT2D eigenvalue weighted by Crippen LogP contribution is 2.28. The Morgan fingerprint density at radius 1 is 1.44 bits per heavy atom. The quantitative estimate of drug-likeness (QED) is 0.786. The van der Waals surface area contributed by atoms with Crippen molar-refractivity contribution in [2.24, 2.45) is 0 Å². The van der Waals surface area contributed by atoms with Gasteiger partial charge in [0.15, 0.2) is 0 Å². The highest BCUT2D eigenvalue weighted by molar-refractivity contribution is 5.84. The van der Waals surface area contributed by atoms with Gasteiger partial charge in [-0.25, -0.2) is 4.79 Å². The number of rotatable bonds is 2. The van der Waals surface area contributed by atoms with Crippen LogP contribution in [0.2, 0.25) is 0 Å². The van der Waals surface area contributed by atoms with Gasteiger partial charge in [0.1, 0.15) is 11.3 Å². The number of hydrogen-bond donors (Lipinski definition) is 1. The molecule has 4 heteroatoms. The minimum atomic E-state index is -0.423. The van der Waals surface area contributed by atoms with E-state index in [0.717, 1.165) is 10.9 Å². The molecular formula is C12H12O4. The Morgan fingerprint density at radius 3 is 2.88 bits per heavy atom. The van der Waals surface area contributed by atoms with E-state index in [4.69, 9.17) is 9.15 Å². The van der Waals surface area contributed by atoms with Crippen molar-refractivity contribution >= 4 is 11.0 Å². The van der Waals surface area contributed by atoms with E-state index in [2.05, 4.69) is 0 Å². The topological polar surface area (TPSA) is 59.7 Å². The number of ether oxygens (including phenoxy) is 1.